The minimum atomic E-state index is -0.0108. The molecule has 0 aliphatic carbocycles. The Balaban J connectivity index is 1.98. The third-order valence-electron chi connectivity index (χ3n) is 3.28. The summed E-state index contributed by atoms with van der Waals surface area (Å²) in [6, 6.07) is 9.22. The molecule has 1 aliphatic heterocycles. The monoisotopic (exact) mass is 244 g/mol. The molecular weight excluding hydrogens is 228 g/mol. The zero-order valence-electron chi connectivity index (χ0n) is 10.1. The highest BCUT2D eigenvalue weighted by molar-refractivity contribution is 5.66. The summed E-state index contributed by atoms with van der Waals surface area (Å²) in [6.45, 7) is 0.782. The summed E-state index contributed by atoms with van der Waals surface area (Å²) in [7, 11) is 0. The molecule has 1 N–H and O–H groups in total. The van der Waals surface area contributed by atoms with Crippen LogP contribution >= 0.6 is 0 Å². The van der Waals surface area contributed by atoms with Crippen molar-refractivity contribution in [2.45, 2.75) is 25.5 Å². The van der Waals surface area contributed by atoms with Gasteiger partial charge in [0.05, 0.1) is 5.69 Å². The number of aromatic hydroxyl groups is 1. The molecule has 1 fully saturated rings. The third kappa shape index (κ3) is 1.99. The SMILES string of the molecule is Oc1ccccc1-c1ccnn1C1CCCCO1. The predicted molar refractivity (Wildman–Crippen MR) is 68.2 cm³/mol. The summed E-state index contributed by atoms with van der Waals surface area (Å²) in [5.41, 5.74) is 1.70. The molecule has 4 heteroatoms. The molecule has 94 valence electrons. The second kappa shape index (κ2) is 4.82. The zero-order chi connectivity index (χ0) is 12.4. The maximum Gasteiger partial charge on any atom is 0.150 e. The van der Waals surface area contributed by atoms with E-state index in [0.717, 1.165) is 37.1 Å². The number of phenolic OH excluding ortho intramolecular Hbond substituents is 1. The van der Waals surface area contributed by atoms with E-state index in [-0.39, 0.29) is 12.0 Å². The van der Waals surface area contributed by atoms with Gasteiger partial charge in [-0.15, -0.1) is 0 Å². The Morgan fingerprint density at radius 1 is 1.22 bits per heavy atom. The fourth-order valence-corrected chi connectivity index (χ4v) is 2.36. The molecule has 0 saturated carbocycles. The molecule has 1 aliphatic rings. The number of phenols is 1. The summed E-state index contributed by atoms with van der Waals surface area (Å²) in [6.07, 6.45) is 4.99. The summed E-state index contributed by atoms with van der Waals surface area (Å²) < 4.78 is 7.61. The van der Waals surface area contributed by atoms with Gasteiger partial charge in [-0.05, 0) is 37.5 Å². The van der Waals surface area contributed by atoms with Gasteiger partial charge >= 0.3 is 0 Å². The van der Waals surface area contributed by atoms with Gasteiger partial charge < -0.3 is 9.84 Å². The van der Waals surface area contributed by atoms with E-state index in [1.165, 1.54) is 0 Å². The molecule has 18 heavy (non-hydrogen) atoms. The van der Waals surface area contributed by atoms with Crippen molar-refractivity contribution in [3.05, 3.63) is 36.5 Å². The van der Waals surface area contributed by atoms with Gasteiger partial charge in [-0.3, -0.25) is 0 Å². The van der Waals surface area contributed by atoms with Gasteiger partial charge in [0.2, 0.25) is 0 Å². The van der Waals surface area contributed by atoms with Crippen LogP contribution in [0.3, 0.4) is 0 Å². The van der Waals surface area contributed by atoms with Gasteiger partial charge in [-0.1, -0.05) is 12.1 Å². The van der Waals surface area contributed by atoms with E-state index in [4.69, 9.17) is 4.74 Å². The molecule has 2 aromatic rings. The highest BCUT2D eigenvalue weighted by atomic mass is 16.5. The van der Waals surface area contributed by atoms with Gasteiger partial charge in [0.15, 0.2) is 6.23 Å². The van der Waals surface area contributed by atoms with Crippen LogP contribution < -0.4 is 0 Å². The van der Waals surface area contributed by atoms with Crippen molar-refractivity contribution in [1.29, 1.82) is 0 Å². The van der Waals surface area contributed by atoms with Crippen LogP contribution in [0.15, 0.2) is 36.5 Å². The van der Waals surface area contributed by atoms with Crippen molar-refractivity contribution < 1.29 is 9.84 Å². The molecule has 0 spiro atoms. The molecule has 3 rings (SSSR count). The second-order valence-corrected chi connectivity index (χ2v) is 4.50. The average molecular weight is 244 g/mol. The summed E-state index contributed by atoms with van der Waals surface area (Å²) in [5.74, 6) is 0.273. The van der Waals surface area contributed by atoms with Crippen LogP contribution in [0.1, 0.15) is 25.5 Å². The second-order valence-electron chi connectivity index (χ2n) is 4.50. The smallest absolute Gasteiger partial charge is 0.150 e. The summed E-state index contributed by atoms with van der Waals surface area (Å²) >= 11 is 0. The lowest BCUT2D eigenvalue weighted by Crippen LogP contribution is -2.19. The Bertz CT molecular complexity index is 530. The Morgan fingerprint density at radius 2 is 2.11 bits per heavy atom. The highest BCUT2D eigenvalue weighted by Crippen LogP contribution is 2.32. The number of ether oxygens (including phenoxy) is 1. The first-order chi connectivity index (χ1) is 8.86. The van der Waals surface area contributed by atoms with Gasteiger partial charge in [-0.2, -0.15) is 5.10 Å². The van der Waals surface area contributed by atoms with Crippen molar-refractivity contribution >= 4 is 0 Å². The number of hydrogen-bond acceptors (Lipinski definition) is 3. The lowest BCUT2D eigenvalue weighted by Gasteiger charge is -2.24. The standard InChI is InChI=1S/C14H16N2O2/c17-13-6-2-1-5-11(13)12-8-9-15-16(12)14-7-3-4-10-18-14/h1-2,5-6,8-9,14,17H,3-4,7,10H2. The van der Waals surface area contributed by atoms with Gasteiger partial charge in [0, 0.05) is 18.4 Å². The van der Waals surface area contributed by atoms with Gasteiger partial charge in [-0.25, -0.2) is 4.68 Å². The molecule has 2 heterocycles. The van der Waals surface area contributed by atoms with E-state index < -0.39 is 0 Å². The van der Waals surface area contributed by atoms with Crippen LogP contribution in [0.5, 0.6) is 5.75 Å². The first kappa shape index (κ1) is 11.3. The van der Waals surface area contributed by atoms with Gasteiger partial charge in [0.25, 0.3) is 0 Å². The van der Waals surface area contributed by atoms with E-state index in [1.807, 2.05) is 28.9 Å². The average Bonchev–Trinajstić information content (AvgIpc) is 2.89. The fraction of sp³-hybridized carbons (Fsp3) is 0.357. The number of aromatic nitrogens is 2. The quantitative estimate of drug-likeness (QED) is 0.883. The van der Waals surface area contributed by atoms with Crippen LogP contribution in [-0.4, -0.2) is 21.5 Å². The van der Waals surface area contributed by atoms with Crippen molar-refractivity contribution in [3.8, 4) is 17.0 Å². The number of rotatable bonds is 2. The minimum absolute atomic E-state index is 0.0108. The van der Waals surface area contributed by atoms with Crippen LogP contribution in [0, 0.1) is 0 Å². The molecule has 1 aromatic heterocycles. The predicted octanol–water partition coefficient (Wildman–Crippen LogP) is 2.95. The van der Waals surface area contributed by atoms with Crippen molar-refractivity contribution in [2.24, 2.45) is 0 Å². The van der Waals surface area contributed by atoms with Crippen LogP contribution in [0.2, 0.25) is 0 Å². The van der Waals surface area contributed by atoms with E-state index in [0.29, 0.717) is 0 Å². The Labute approximate surface area is 106 Å². The number of benzene rings is 1. The number of para-hydroxylation sites is 1. The molecule has 0 amide bonds. The molecule has 0 radical (unpaired) electrons. The minimum Gasteiger partial charge on any atom is -0.507 e. The Hall–Kier alpha value is -1.81. The van der Waals surface area contributed by atoms with Crippen molar-refractivity contribution in [3.63, 3.8) is 0 Å². The fourth-order valence-electron chi connectivity index (χ4n) is 2.36. The van der Waals surface area contributed by atoms with Crippen LogP contribution in [0.4, 0.5) is 0 Å². The van der Waals surface area contributed by atoms with E-state index >= 15 is 0 Å². The first-order valence-electron chi connectivity index (χ1n) is 6.30. The highest BCUT2D eigenvalue weighted by Gasteiger charge is 2.20. The summed E-state index contributed by atoms with van der Waals surface area (Å²) in [4.78, 5) is 0. The molecule has 1 atom stereocenters. The largest absolute Gasteiger partial charge is 0.507 e. The van der Waals surface area contributed by atoms with Gasteiger partial charge in [0.1, 0.15) is 5.75 Å². The topological polar surface area (TPSA) is 47.3 Å². The Kier molecular flexibility index (Phi) is 3.02. The molecule has 1 aromatic carbocycles. The van der Waals surface area contributed by atoms with Crippen LogP contribution in [-0.2, 0) is 4.74 Å². The first-order valence-corrected chi connectivity index (χ1v) is 6.30. The third-order valence-corrected chi connectivity index (χ3v) is 3.28. The molecular formula is C14H16N2O2. The number of hydrogen-bond donors (Lipinski definition) is 1. The molecule has 1 unspecified atom stereocenters. The molecule has 4 nitrogen and oxygen atoms in total. The lowest BCUT2D eigenvalue weighted by atomic mass is 10.1. The Morgan fingerprint density at radius 3 is 2.89 bits per heavy atom. The van der Waals surface area contributed by atoms with Crippen molar-refractivity contribution in [1.82, 2.24) is 9.78 Å². The summed E-state index contributed by atoms with van der Waals surface area (Å²) in [5, 5.41) is 14.3. The van der Waals surface area contributed by atoms with E-state index in [2.05, 4.69) is 5.10 Å². The van der Waals surface area contributed by atoms with E-state index in [1.54, 1.807) is 12.3 Å². The van der Waals surface area contributed by atoms with Crippen LogP contribution in [0.25, 0.3) is 11.3 Å². The molecule has 1 saturated heterocycles. The maximum atomic E-state index is 9.92. The number of nitrogens with zero attached hydrogens (tertiary/aromatic N) is 2. The van der Waals surface area contributed by atoms with Crippen molar-refractivity contribution in [2.75, 3.05) is 6.61 Å². The molecule has 0 bridgehead atoms. The van der Waals surface area contributed by atoms with E-state index in [9.17, 15) is 5.11 Å². The lowest BCUT2D eigenvalue weighted by molar-refractivity contribution is -0.0383. The zero-order valence-corrected chi connectivity index (χ0v) is 10.1. The normalized spacial score (nSPS) is 19.9. The maximum absolute atomic E-state index is 9.92.